The van der Waals surface area contributed by atoms with Crippen molar-refractivity contribution >= 4 is 0 Å². The molecule has 15 heavy (non-hydrogen) atoms. The van der Waals surface area contributed by atoms with Crippen molar-refractivity contribution in [3.05, 3.63) is 0 Å². The smallest absolute Gasteiger partial charge is 0.0385 e. The number of hydrogen-bond acceptors (Lipinski definition) is 0. The molecule has 0 atom stereocenters. The fourth-order valence-electron chi connectivity index (χ4n) is 0. The Morgan fingerprint density at radius 3 is 0.600 bits per heavy atom. The summed E-state index contributed by atoms with van der Waals surface area (Å²) in [4.78, 5) is 0. The monoisotopic (exact) mass is 220 g/mol. The van der Waals surface area contributed by atoms with Crippen molar-refractivity contribution in [1.29, 1.82) is 0 Å². The van der Waals surface area contributed by atoms with Gasteiger partial charge in [-0.15, -0.1) is 0 Å². The van der Waals surface area contributed by atoms with E-state index in [9.17, 15) is 0 Å². The normalized spacial score (nSPS) is 9.60. The molecular weight excluding hydrogens is 180 g/mol. The molecule has 0 aromatic rings. The van der Waals surface area contributed by atoms with E-state index < -0.39 is 0 Å². The first-order chi connectivity index (χ1) is 5.12. The van der Waals surface area contributed by atoms with Crippen molar-refractivity contribution in [1.82, 2.24) is 0 Å². The molecule has 0 N–H and O–H groups in total. The molecule has 0 bridgehead atoms. The Kier molecular flexibility index (Phi) is 23.7. The van der Waals surface area contributed by atoms with E-state index >= 15 is 0 Å². The minimum atomic E-state index is 0. The highest BCUT2D eigenvalue weighted by Crippen LogP contribution is 2.16. The van der Waals surface area contributed by atoms with Crippen LogP contribution in [-0.4, -0.2) is 0 Å². The molecule has 0 spiro atoms. The molecule has 0 unspecified atom stereocenters. The van der Waals surface area contributed by atoms with Crippen LogP contribution in [0, 0.1) is 10.8 Å². The first-order valence-corrected chi connectivity index (χ1v) is 5.12. The second-order valence-electron chi connectivity index (χ2n) is 5.83. The van der Waals surface area contributed by atoms with Crippen molar-refractivity contribution < 1.29 is 0 Å². The highest BCUT2D eigenvalue weighted by atomic mass is 14.1. The van der Waals surface area contributed by atoms with Crippen LogP contribution in [0.2, 0.25) is 0 Å². The first-order valence-electron chi connectivity index (χ1n) is 5.12. The van der Waals surface area contributed by atoms with E-state index in [2.05, 4.69) is 55.4 Å². The second kappa shape index (κ2) is 12.1. The van der Waals surface area contributed by atoms with Crippen molar-refractivity contribution in [2.45, 2.75) is 90.5 Å². The van der Waals surface area contributed by atoms with E-state index in [1.807, 2.05) is 0 Å². The van der Waals surface area contributed by atoms with Gasteiger partial charge in [-0.05, 0) is 10.8 Å². The van der Waals surface area contributed by atoms with Gasteiger partial charge in [-0.25, -0.2) is 0 Å². The summed E-state index contributed by atoms with van der Waals surface area (Å²) in [5.41, 5.74) is 1.08. The summed E-state index contributed by atoms with van der Waals surface area (Å²) in [7, 11) is 0. The molecule has 0 fully saturated rings. The largest absolute Gasteiger partial charge is 0.0776 e. The van der Waals surface area contributed by atoms with Crippen LogP contribution in [0.4, 0.5) is 0 Å². The van der Waals surface area contributed by atoms with Crippen LogP contribution in [0.3, 0.4) is 0 Å². The van der Waals surface area contributed by atoms with Crippen LogP contribution in [0.5, 0.6) is 0 Å². The fraction of sp³-hybridized carbons (Fsp3) is 1.00. The van der Waals surface area contributed by atoms with Gasteiger partial charge in [0.2, 0.25) is 0 Å². The lowest BCUT2D eigenvalue weighted by Crippen LogP contribution is -2.00. The van der Waals surface area contributed by atoms with Gasteiger partial charge in [-0.1, -0.05) is 90.5 Å². The van der Waals surface area contributed by atoms with Crippen molar-refractivity contribution in [2.24, 2.45) is 10.8 Å². The molecular formula is C15H40. The van der Waals surface area contributed by atoms with Gasteiger partial charge in [-0.3, -0.25) is 0 Å². The summed E-state index contributed by atoms with van der Waals surface area (Å²) in [5, 5.41) is 0. The van der Waals surface area contributed by atoms with E-state index in [1.54, 1.807) is 0 Å². The lowest BCUT2D eigenvalue weighted by atomic mass is 9.94. The predicted octanol–water partition coefficient (Wildman–Crippen LogP) is 6.79. The topological polar surface area (TPSA) is 0 Å². The standard InChI is InChI=1S/2C6H14.3CH4/c2*1-5-6(2,3)4;;;/h2*5H2,1-4H3;3*1H4. The fourth-order valence-corrected chi connectivity index (χ4v) is 0. The predicted molar refractivity (Wildman–Crippen MR) is 79.7 cm³/mol. The third-order valence-electron chi connectivity index (χ3n) is 2.12. The minimum Gasteiger partial charge on any atom is -0.0776 e. The van der Waals surface area contributed by atoms with Crippen LogP contribution in [0.1, 0.15) is 90.5 Å². The third-order valence-corrected chi connectivity index (χ3v) is 2.12. The summed E-state index contributed by atoms with van der Waals surface area (Å²) < 4.78 is 0. The van der Waals surface area contributed by atoms with Crippen LogP contribution in [0.15, 0.2) is 0 Å². The average molecular weight is 220 g/mol. The molecule has 0 aromatic heterocycles. The van der Waals surface area contributed by atoms with Gasteiger partial charge in [0, 0.05) is 0 Å². The molecule has 0 aliphatic carbocycles. The Hall–Kier alpha value is 0. The van der Waals surface area contributed by atoms with Gasteiger partial charge >= 0.3 is 0 Å². The molecule has 0 nitrogen and oxygen atoms in total. The maximum Gasteiger partial charge on any atom is -0.0385 e. The van der Waals surface area contributed by atoms with Gasteiger partial charge in [0.25, 0.3) is 0 Å². The zero-order valence-electron chi connectivity index (χ0n) is 10.4. The quantitative estimate of drug-likeness (QED) is 0.421. The van der Waals surface area contributed by atoms with E-state index in [-0.39, 0.29) is 22.3 Å². The average Bonchev–Trinajstić information content (AvgIpc) is 1.86. The molecule has 0 rings (SSSR count). The zero-order chi connectivity index (χ0) is 10.4. The highest BCUT2D eigenvalue weighted by molar-refractivity contribution is 4.55. The molecule has 0 aliphatic rings. The molecule has 0 aliphatic heterocycles. The summed E-state index contributed by atoms with van der Waals surface area (Å²) in [6, 6.07) is 0. The minimum absolute atomic E-state index is 0. The Labute approximate surface area is 102 Å². The molecule has 0 heterocycles. The van der Waals surface area contributed by atoms with Gasteiger partial charge in [0.1, 0.15) is 0 Å². The van der Waals surface area contributed by atoms with Crippen LogP contribution >= 0.6 is 0 Å². The van der Waals surface area contributed by atoms with Crippen molar-refractivity contribution in [3.8, 4) is 0 Å². The summed E-state index contributed by atoms with van der Waals surface area (Å²) in [6.07, 6.45) is 2.54. The lowest BCUT2D eigenvalue weighted by Gasteiger charge is -2.12. The van der Waals surface area contributed by atoms with Crippen molar-refractivity contribution in [3.63, 3.8) is 0 Å². The maximum absolute atomic E-state index is 2.24. The molecule has 0 saturated carbocycles. The van der Waals surface area contributed by atoms with E-state index in [0.717, 1.165) is 0 Å². The van der Waals surface area contributed by atoms with Gasteiger partial charge < -0.3 is 0 Å². The van der Waals surface area contributed by atoms with Gasteiger partial charge in [-0.2, -0.15) is 0 Å². The van der Waals surface area contributed by atoms with Gasteiger partial charge in [0.05, 0.1) is 0 Å². The SMILES string of the molecule is C.C.C.CCC(C)(C)C.CCC(C)(C)C. The van der Waals surface area contributed by atoms with Gasteiger partial charge in [0.15, 0.2) is 0 Å². The summed E-state index contributed by atoms with van der Waals surface area (Å²) in [6.45, 7) is 17.9. The van der Waals surface area contributed by atoms with Crippen molar-refractivity contribution in [2.75, 3.05) is 0 Å². The molecule has 100 valence electrons. The maximum atomic E-state index is 2.24. The molecule has 0 aromatic carbocycles. The Balaban J connectivity index is -0.0000000370. The van der Waals surface area contributed by atoms with E-state index in [1.165, 1.54) is 12.8 Å². The Morgan fingerprint density at radius 2 is 0.600 bits per heavy atom. The third kappa shape index (κ3) is 56.0. The molecule has 0 amide bonds. The summed E-state index contributed by atoms with van der Waals surface area (Å²) in [5.74, 6) is 0. The Bertz CT molecular complexity index is 73.6. The van der Waals surface area contributed by atoms with E-state index in [0.29, 0.717) is 10.8 Å². The van der Waals surface area contributed by atoms with Crippen LogP contribution in [-0.2, 0) is 0 Å². The Morgan fingerprint density at radius 1 is 0.533 bits per heavy atom. The zero-order valence-corrected chi connectivity index (χ0v) is 10.4. The number of hydrogen-bond donors (Lipinski definition) is 0. The second-order valence-corrected chi connectivity index (χ2v) is 5.83. The van der Waals surface area contributed by atoms with Crippen LogP contribution < -0.4 is 0 Å². The molecule has 0 radical (unpaired) electrons. The molecule has 0 heteroatoms. The summed E-state index contributed by atoms with van der Waals surface area (Å²) >= 11 is 0. The lowest BCUT2D eigenvalue weighted by molar-refractivity contribution is 0.397. The van der Waals surface area contributed by atoms with Crippen LogP contribution in [0.25, 0.3) is 0 Å². The number of rotatable bonds is 0. The van der Waals surface area contributed by atoms with E-state index in [4.69, 9.17) is 0 Å². The first kappa shape index (κ1) is 29.4. The highest BCUT2D eigenvalue weighted by Gasteiger charge is 2.03. The molecule has 0 saturated heterocycles.